The molecule has 2 aromatic rings. The van der Waals surface area contributed by atoms with E-state index in [9.17, 15) is 14.9 Å². The number of nitro benzene ring substituents is 1. The Bertz CT molecular complexity index is 752. The van der Waals surface area contributed by atoms with Gasteiger partial charge in [0.05, 0.1) is 4.92 Å². The predicted octanol–water partition coefficient (Wildman–Crippen LogP) is 2.70. The number of halogens is 1. The largest absolute Gasteiger partial charge is 0.333 e. The summed E-state index contributed by atoms with van der Waals surface area (Å²) in [6, 6.07) is 6.33. The summed E-state index contributed by atoms with van der Waals surface area (Å²) in [7, 11) is 0. The maximum atomic E-state index is 12.5. The summed E-state index contributed by atoms with van der Waals surface area (Å²) >= 11 is 1.31. The van der Waals surface area contributed by atoms with Gasteiger partial charge in [-0.05, 0) is 12.8 Å². The quantitative estimate of drug-likeness (QED) is 0.660. The van der Waals surface area contributed by atoms with Gasteiger partial charge in [0.25, 0.3) is 11.6 Å². The second-order valence-corrected chi connectivity index (χ2v) is 6.23. The number of hydrogen-bond acceptors (Lipinski definition) is 6. The zero-order valence-corrected chi connectivity index (χ0v) is 14.4. The first kappa shape index (κ1) is 18.3. The fourth-order valence-electron chi connectivity index (χ4n) is 2.75. The molecule has 2 heterocycles. The minimum Gasteiger partial charge on any atom is -0.333 e. The average Bonchev–Trinajstić information content (AvgIpc) is 3.23. The molecule has 9 heteroatoms. The Labute approximate surface area is 149 Å². The summed E-state index contributed by atoms with van der Waals surface area (Å²) < 4.78 is 0. The lowest BCUT2D eigenvalue weighted by atomic mass is 10.2. The molecule has 0 radical (unpaired) electrons. The third kappa shape index (κ3) is 3.55. The highest BCUT2D eigenvalue weighted by Crippen LogP contribution is 2.28. The van der Waals surface area contributed by atoms with E-state index < -0.39 is 4.92 Å². The molecule has 0 spiro atoms. The Morgan fingerprint density at radius 3 is 3.00 bits per heavy atom. The van der Waals surface area contributed by atoms with E-state index in [1.165, 1.54) is 23.5 Å². The van der Waals surface area contributed by atoms with Gasteiger partial charge in [0.15, 0.2) is 0 Å². The van der Waals surface area contributed by atoms with Gasteiger partial charge in [-0.2, -0.15) is 0 Å². The van der Waals surface area contributed by atoms with Crippen LogP contribution in [0.1, 0.15) is 23.3 Å². The predicted molar refractivity (Wildman–Crippen MR) is 94.6 cm³/mol. The Morgan fingerprint density at radius 2 is 2.29 bits per heavy atom. The monoisotopic (exact) mass is 368 g/mol. The van der Waals surface area contributed by atoms with Gasteiger partial charge in [-0.25, -0.2) is 4.98 Å². The van der Waals surface area contributed by atoms with Gasteiger partial charge >= 0.3 is 0 Å². The number of benzene rings is 1. The third-order valence-corrected chi connectivity index (χ3v) is 4.83. The van der Waals surface area contributed by atoms with Crippen molar-refractivity contribution in [2.24, 2.45) is 5.73 Å². The Kier molecular flexibility index (Phi) is 5.87. The summed E-state index contributed by atoms with van der Waals surface area (Å²) in [5, 5.41) is 13.2. The van der Waals surface area contributed by atoms with E-state index in [-0.39, 0.29) is 30.0 Å². The number of carbonyl (C=O) groups is 1. The molecule has 1 aliphatic heterocycles. The highest BCUT2D eigenvalue weighted by molar-refractivity contribution is 7.13. The van der Waals surface area contributed by atoms with Gasteiger partial charge in [-0.1, -0.05) is 12.1 Å². The molecule has 1 aromatic heterocycles. The lowest BCUT2D eigenvalue weighted by molar-refractivity contribution is -0.384. The first-order valence-corrected chi connectivity index (χ1v) is 8.19. The molecule has 1 aromatic carbocycles. The van der Waals surface area contributed by atoms with Gasteiger partial charge in [-0.3, -0.25) is 14.9 Å². The van der Waals surface area contributed by atoms with E-state index in [4.69, 9.17) is 5.73 Å². The molecule has 7 nitrogen and oxygen atoms in total. The second-order valence-electron chi connectivity index (χ2n) is 5.38. The van der Waals surface area contributed by atoms with E-state index in [0.29, 0.717) is 29.4 Å². The van der Waals surface area contributed by atoms with Crippen molar-refractivity contribution in [2.45, 2.75) is 18.9 Å². The van der Waals surface area contributed by atoms with Gasteiger partial charge in [0, 0.05) is 42.2 Å². The zero-order valence-electron chi connectivity index (χ0n) is 12.8. The molecule has 0 bridgehead atoms. The van der Waals surface area contributed by atoms with Gasteiger partial charge in [0.2, 0.25) is 0 Å². The number of non-ortho nitro benzene ring substituents is 1. The van der Waals surface area contributed by atoms with E-state index in [0.717, 1.165) is 12.8 Å². The van der Waals surface area contributed by atoms with Crippen LogP contribution in [0, 0.1) is 10.1 Å². The van der Waals surface area contributed by atoms with Crippen molar-refractivity contribution >= 4 is 35.3 Å². The van der Waals surface area contributed by atoms with E-state index in [2.05, 4.69) is 4.98 Å². The Hall–Kier alpha value is -2.03. The smallest absolute Gasteiger partial charge is 0.273 e. The standard InChI is InChI=1S/C15H16N4O3S.ClH/c16-8-12-5-2-6-18(12)15(20)13-9-23-14(17-13)10-3-1-4-11(7-10)19(21)22;/h1,3-4,7,9,12H,2,5-6,8,16H2;1H. The number of thiazole rings is 1. The molecule has 0 aliphatic carbocycles. The average molecular weight is 369 g/mol. The van der Waals surface area contributed by atoms with Crippen LogP contribution >= 0.6 is 23.7 Å². The van der Waals surface area contributed by atoms with Crippen molar-refractivity contribution in [2.75, 3.05) is 13.1 Å². The van der Waals surface area contributed by atoms with Crippen molar-refractivity contribution in [3.05, 3.63) is 45.5 Å². The molecular weight excluding hydrogens is 352 g/mol. The van der Waals surface area contributed by atoms with E-state index >= 15 is 0 Å². The van der Waals surface area contributed by atoms with Crippen LogP contribution in [0.25, 0.3) is 10.6 Å². The number of amides is 1. The highest BCUT2D eigenvalue weighted by atomic mass is 35.5. The highest BCUT2D eigenvalue weighted by Gasteiger charge is 2.29. The molecular formula is C15H17ClN4O3S. The van der Waals surface area contributed by atoms with Crippen LogP contribution in [-0.4, -0.2) is 39.8 Å². The van der Waals surface area contributed by atoms with Gasteiger partial charge < -0.3 is 10.6 Å². The summed E-state index contributed by atoms with van der Waals surface area (Å²) in [4.78, 5) is 29.1. The molecule has 0 saturated carbocycles. The number of aromatic nitrogens is 1. The van der Waals surface area contributed by atoms with Crippen LogP contribution in [0.3, 0.4) is 0 Å². The normalized spacial score (nSPS) is 16.7. The summed E-state index contributed by atoms with van der Waals surface area (Å²) in [6.45, 7) is 1.15. The summed E-state index contributed by atoms with van der Waals surface area (Å²) in [5.74, 6) is -0.120. The summed E-state index contributed by atoms with van der Waals surface area (Å²) in [5.41, 5.74) is 6.72. The number of hydrogen-bond donors (Lipinski definition) is 1. The minimum absolute atomic E-state index is 0. The molecule has 3 rings (SSSR count). The number of nitrogens with zero attached hydrogens (tertiary/aromatic N) is 3. The molecule has 1 amide bonds. The van der Waals surface area contributed by atoms with Crippen LogP contribution in [0.15, 0.2) is 29.6 Å². The lowest BCUT2D eigenvalue weighted by Gasteiger charge is -2.22. The molecule has 128 valence electrons. The van der Waals surface area contributed by atoms with Crippen LogP contribution in [0.2, 0.25) is 0 Å². The maximum Gasteiger partial charge on any atom is 0.273 e. The number of nitro groups is 1. The first-order valence-electron chi connectivity index (χ1n) is 7.31. The van der Waals surface area contributed by atoms with Crippen molar-refractivity contribution in [3.8, 4) is 10.6 Å². The maximum absolute atomic E-state index is 12.5. The fraction of sp³-hybridized carbons (Fsp3) is 0.333. The molecule has 1 saturated heterocycles. The number of rotatable bonds is 4. The Morgan fingerprint density at radius 1 is 1.50 bits per heavy atom. The number of carbonyl (C=O) groups excluding carboxylic acids is 1. The molecule has 1 fully saturated rings. The lowest BCUT2D eigenvalue weighted by Crippen LogP contribution is -2.40. The van der Waals surface area contributed by atoms with Gasteiger partial charge in [-0.15, -0.1) is 23.7 Å². The summed E-state index contributed by atoms with van der Waals surface area (Å²) in [6.07, 6.45) is 1.87. The molecule has 1 atom stereocenters. The van der Waals surface area contributed by atoms with Crippen molar-refractivity contribution < 1.29 is 9.72 Å². The number of nitrogens with two attached hydrogens (primary N) is 1. The van der Waals surface area contributed by atoms with Crippen LogP contribution < -0.4 is 5.73 Å². The first-order chi connectivity index (χ1) is 11.1. The van der Waals surface area contributed by atoms with Gasteiger partial charge in [0.1, 0.15) is 10.7 Å². The van der Waals surface area contributed by atoms with Crippen molar-refractivity contribution in [1.29, 1.82) is 0 Å². The Balaban J connectivity index is 0.00000208. The number of likely N-dealkylation sites (tertiary alicyclic amines) is 1. The van der Waals surface area contributed by atoms with Crippen molar-refractivity contribution in [1.82, 2.24) is 9.88 Å². The second kappa shape index (κ2) is 7.69. The molecule has 1 aliphatic rings. The third-order valence-electron chi connectivity index (χ3n) is 3.94. The minimum atomic E-state index is -0.445. The molecule has 24 heavy (non-hydrogen) atoms. The van der Waals surface area contributed by atoms with Crippen LogP contribution in [0.4, 0.5) is 5.69 Å². The molecule has 1 unspecified atom stereocenters. The van der Waals surface area contributed by atoms with Crippen LogP contribution in [0.5, 0.6) is 0 Å². The SMILES string of the molecule is Cl.NCC1CCCN1C(=O)c1csc(-c2cccc([N+](=O)[O-])c2)n1. The molecule has 2 N–H and O–H groups in total. The van der Waals surface area contributed by atoms with E-state index in [1.54, 1.807) is 22.4 Å². The topological polar surface area (TPSA) is 102 Å². The van der Waals surface area contributed by atoms with Crippen LogP contribution in [-0.2, 0) is 0 Å². The zero-order chi connectivity index (χ0) is 16.4. The van der Waals surface area contributed by atoms with Crippen molar-refractivity contribution in [3.63, 3.8) is 0 Å². The van der Waals surface area contributed by atoms with E-state index in [1.807, 2.05) is 0 Å². The fourth-order valence-corrected chi connectivity index (χ4v) is 3.54.